The Morgan fingerprint density at radius 3 is 2.40 bits per heavy atom. The molecule has 0 radical (unpaired) electrons. The highest BCUT2D eigenvalue weighted by atomic mass is 19.4. The molecule has 0 aliphatic heterocycles. The molecule has 2 aromatic carbocycles. The van der Waals surface area contributed by atoms with Crippen molar-refractivity contribution in [3.05, 3.63) is 106 Å². The van der Waals surface area contributed by atoms with Gasteiger partial charge in [0.1, 0.15) is 17.5 Å². The second-order valence-electron chi connectivity index (χ2n) is 10.7. The van der Waals surface area contributed by atoms with Crippen LogP contribution in [0.4, 0.5) is 26.3 Å². The quantitative estimate of drug-likeness (QED) is 0.148. The van der Waals surface area contributed by atoms with E-state index in [-0.39, 0.29) is 36.0 Å². The molecule has 0 unspecified atom stereocenters. The van der Waals surface area contributed by atoms with E-state index < -0.39 is 53.4 Å². The number of rotatable bonds is 9. The Hall–Kier alpha value is -4.28. The molecule has 2 heterocycles. The fourth-order valence-electron chi connectivity index (χ4n) is 5.76. The molecule has 0 spiro atoms. The van der Waals surface area contributed by atoms with Gasteiger partial charge in [-0.25, -0.2) is 13.2 Å². The number of hydrogen-bond donors (Lipinski definition) is 0. The molecule has 1 aliphatic rings. The molecule has 0 fully saturated rings. The van der Waals surface area contributed by atoms with Crippen molar-refractivity contribution in [1.82, 2.24) is 14.8 Å². The second kappa shape index (κ2) is 12.1. The number of carbonyl (C=O) groups is 2. The minimum absolute atomic E-state index is 0.0315. The first kappa shape index (κ1) is 30.2. The average molecular weight is 600 g/mol. The van der Waals surface area contributed by atoms with Crippen LogP contribution in [0.1, 0.15) is 70.7 Å². The van der Waals surface area contributed by atoms with Gasteiger partial charge in [-0.3, -0.25) is 19.3 Å². The van der Waals surface area contributed by atoms with Gasteiger partial charge in [0.25, 0.3) is 0 Å². The summed E-state index contributed by atoms with van der Waals surface area (Å²) >= 11 is 0. The molecule has 1 atom stereocenters. The molecule has 4 aromatic rings. The van der Waals surface area contributed by atoms with Gasteiger partial charge in [0.2, 0.25) is 0 Å². The maximum Gasteiger partial charge on any atom is 0.435 e. The van der Waals surface area contributed by atoms with Gasteiger partial charge in [0.15, 0.2) is 17.3 Å². The maximum atomic E-state index is 14.3. The van der Waals surface area contributed by atoms with E-state index in [4.69, 9.17) is 0 Å². The molecule has 5 rings (SSSR count). The van der Waals surface area contributed by atoms with E-state index in [1.807, 2.05) is 0 Å². The molecule has 0 amide bonds. The summed E-state index contributed by atoms with van der Waals surface area (Å²) in [6.07, 6.45) is -1.59. The number of halogens is 6. The Kier molecular flexibility index (Phi) is 8.52. The molecule has 5 nitrogen and oxygen atoms in total. The molecule has 0 saturated heterocycles. The number of aromatic nitrogens is 3. The normalized spacial score (nSPS) is 13.9. The van der Waals surface area contributed by atoms with Crippen LogP contribution in [-0.2, 0) is 36.8 Å². The summed E-state index contributed by atoms with van der Waals surface area (Å²) in [6, 6.07) is 10.2. The maximum absolute atomic E-state index is 14.3. The second-order valence-corrected chi connectivity index (χ2v) is 10.7. The minimum Gasteiger partial charge on any atom is -0.298 e. The molecule has 224 valence electrons. The zero-order valence-electron chi connectivity index (χ0n) is 23.1. The molecular weight excluding hydrogens is 572 g/mol. The third-order valence-electron chi connectivity index (χ3n) is 7.61. The fourth-order valence-corrected chi connectivity index (χ4v) is 5.76. The van der Waals surface area contributed by atoms with Gasteiger partial charge < -0.3 is 0 Å². The molecule has 11 heteroatoms. The van der Waals surface area contributed by atoms with E-state index in [2.05, 4.69) is 10.1 Å². The molecule has 1 aliphatic carbocycles. The van der Waals surface area contributed by atoms with Crippen molar-refractivity contribution in [3.63, 3.8) is 0 Å². The highest BCUT2D eigenvalue weighted by Gasteiger charge is 2.39. The van der Waals surface area contributed by atoms with Gasteiger partial charge in [-0.15, -0.1) is 0 Å². The first-order chi connectivity index (χ1) is 20.4. The van der Waals surface area contributed by atoms with Crippen molar-refractivity contribution in [2.75, 3.05) is 0 Å². The minimum atomic E-state index is -4.66. The summed E-state index contributed by atoms with van der Waals surface area (Å²) in [5, 5.41) is 3.78. The number of hydrogen-bond acceptors (Lipinski definition) is 4. The fraction of sp³-hybridized carbons (Fsp3) is 0.312. The van der Waals surface area contributed by atoms with Crippen LogP contribution in [-0.4, -0.2) is 26.3 Å². The van der Waals surface area contributed by atoms with E-state index >= 15 is 0 Å². The van der Waals surface area contributed by atoms with E-state index in [1.165, 1.54) is 25.3 Å². The number of benzene rings is 2. The van der Waals surface area contributed by atoms with E-state index in [9.17, 15) is 35.9 Å². The van der Waals surface area contributed by atoms with Crippen molar-refractivity contribution in [1.29, 1.82) is 0 Å². The van der Waals surface area contributed by atoms with Crippen LogP contribution in [0.3, 0.4) is 0 Å². The topological polar surface area (TPSA) is 64.8 Å². The smallest absolute Gasteiger partial charge is 0.298 e. The highest BCUT2D eigenvalue weighted by molar-refractivity contribution is 5.95. The Bertz CT molecular complexity index is 1670. The van der Waals surface area contributed by atoms with Gasteiger partial charge in [-0.05, 0) is 80.5 Å². The van der Waals surface area contributed by atoms with Gasteiger partial charge in [-0.1, -0.05) is 12.1 Å². The number of fused-ring (bicyclic) bond motifs is 1. The largest absolute Gasteiger partial charge is 0.435 e. The predicted octanol–water partition coefficient (Wildman–Crippen LogP) is 7.45. The number of ketones is 2. The van der Waals surface area contributed by atoms with Crippen molar-refractivity contribution < 1.29 is 35.9 Å². The summed E-state index contributed by atoms with van der Waals surface area (Å²) in [7, 11) is 0. The first-order valence-corrected chi connectivity index (χ1v) is 13.8. The summed E-state index contributed by atoms with van der Waals surface area (Å²) in [4.78, 5) is 30.0. The molecule has 2 aromatic heterocycles. The Morgan fingerprint density at radius 1 is 0.977 bits per heavy atom. The van der Waals surface area contributed by atoms with Gasteiger partial charge >= 0.3 is 6.18 Å². The van der Waals surface area contributed by atoms with E-state index in [1.54, 1.807) is 12.1 Å². The van der Waals surface area contributed by atoms with Gasteiger partial charge in [-0.2, -0.15) is 18.3 Å². The van der Waals surface area contributed by atoms with Crippen LogP contribution in [0.15, 0.2) is 54.7 Å². The summed E-state index contributed by atoms with van der Waals surface area (Å²) in [6.45, 7) is 0.810. The number of pyridine rings is 1. The van der Waals surface area contributed by atoms with Crippen LogP contribution in [0.25, 0.3) is 11.1 Å². The number of carbonyl (C=O) groups excluding carboxylic acids is 2. The standard InChI is InChI=1S/C32H27F6N3O2/c1-18(42)27-15-20(8-9-28(27)35)25-6-4-10-39-30(25)21(11-19-12-22(33)16-23(34)13-19)14-24(43)17-41-29-7-3-2-5-26(29)31(40-41)32(36,37)38/h4,6,8-10,12-13,15-16,21H,2-3,5,7,11,14,17H2,1H3/t21-/m1/s1. The van der Waals surface area contributed by atoms with Crippen LogP contribution < -0.4 is 0 Å². The monoisotopic (exact) mass is 599 g/mol. The van der Waals surface area contributed by atoms with Crippen LogP contribution in [0.5, 0.6) is 0 Å². The van der Waals surface area contributed by atoms with Crippen LogP contribution in [0.2, 0.25) is 0 Å². The lowest BCUT2D eigenvalue weighted by molar-refractivity contribution is -0.142. The average Bonchev–Trinajstić information content (AvgIpc) is 3.31. The number of nitrogens with zero attached hydrogens (tertiary/aromatic N) is 3. The van der Waals surface area contributed by atoms with Crippen molar-refractivity contribution in [2.24, 2.45) is 0 Å². The molecule has 0 N–H and O–H groups in total. The molecular formula is C32H27F6N3O2. The van der Waals surface area contributed by atoms with Crippen molar-refractivity contribution >= 4 is 11.6 Å². The SMILES string of the molecule is CC(=O)c1cc(-c2cccnc2[C@@H](CC(=O)Cn2nc(C(F)(F)F)c3c2CCCC3)Cc2cc(F)cc(F)c2)ccc1F. The number of Topliss-reactive ketones (excluding diaryl/α,β-unsaturated/α-hetero) is 2. The van der Waals surface area contributed by atoms with Gasteiger partial charge in [0.05, 0.1) is 17.8 Å². The van der Waals surface area contributed by atoms with Crippen LogP contribution >= 0.6 is 0 Å². The third-order valence-corrected chi connectivity index (χ3v) is 7.61. The lowest BCUT2D eigenvalue weighted by atomic mass is 9.86. The zero-order valence-corrected chi connectivity index (χ0v) is 23.1. The summed E-state index contributed by atoms with van der Waals surface area (Å²) in [5.74, 6) is -4.05. The highest BCUT2D eigenvalue weighted by Crippen LogP contribution is 2.37. The molecule has 0 bridgehead atoms. The molecule has 0 saturated carbocycles. The van der Waals surface area contributed by atoms with E-state index in [0.717, 1.165) is 28.9 Å². The molecule has 43 heavy (non-hydrogen) atoms. The Labute approximate surface area is 243 Å². The van der Waals surface area contributed by atoms with E-state index in [0.29, 0.717) is 41.8 Å². The predicted molar refractivity (Wildman–Crippen MR) is 146 cm³/mol. The zero-order chi connectivity index (χ0) is 30.9. The summed E-state index contributed by atoms with van der Waals surface area (Å²) in [5.41, 5.74) is 0.873. The Balaban J connectivity index is 1.52. The first-order valence-electron chi connectivity index (χ1n) is 13.8. The number of alkyl halides is 3. The van der Waals surface area contributed by atoms with Crippen molar-refractivity contribution in [2.45, 2.75) is 64.1 Å². The van der Waals surface area contributed by atoms with Crippen molar-refractivity contribution in [3.8, 4) is 11.1 Å². The van der Waals surface area contributed by atoms with Gasteiger partial charge in [0, 0.05) is 41.4 Å². The van der Waals surface area contributed by atoms with Crippen LogP contribution in [0, 0.1) is 17.5 Å². The lowest BCUT2D eigenvalue weighted by Crippen LogP contribution is -2.19. The Morgan fingerprint density at radius 2 is 1.70 bits per heavy atom. The third kappa shape index (κ3) is 6.71. The summed E-state index contributed by atoms with van der Waals surface area (Å²) < 4.78 is 84.7. The lowest BCUT2D eigenvalue weighted by Gasteiger charge is -2.20.